The van der Waals surface area contributed by atoms with Gasteiger partial charge in [-0.25, -0.2) is 0 Å². The predicted octanol–water partition coefficient (Wildman–Crippen LogP) is 6.16. The number of hydrogen-bond acceptors (Lipinski definition) is 4. The standard InChI is InChI=1S/C8H10F5N4P3/c1-17(2)7-3-5-8(6-4-7)18(9)14-19(10,11)16-20(12,13)15-18/h3-6H,1-2H3. The Morgan fingerprint density at radius 2 is 1.30 bits per heavy atom. The third kappa shape index (κ3) is 3.33. The topological polar surface area (TPSA) is 40.3 Å². The lowest BCUT2D eigenvalue weighted by atomic mass is 10.3. The molecule has 0 fully saturated rings. The molecule has 1 aromatic rings. The van der Waals surface area contributed by atoms with Crippen LogP contribution in [0.5, 0.6) is 0 Å². The molecule has 0 bridgehead atoms. The quantitative estimate of drug-likeness (QED) is 0.465. The van der Waals surface area contributed by atoms with E-state index < -0.39 is 23.2 Å². The summed E-state index contributed by atoms with van der Waals surface area (Å²) in [5.41, 5.74) is 0.671. The summed E-state index contributed by atoms with van der Waals surface area (Å²) in [6.45, 7) is 0. The Hall–Kier alpha value is -0.640. The molecule has 0 aliphatic carbocycles. The number of rotatable bonds is 2. The van der Waals surface area contributed by atoms with Crippen molar-refractivity contribution in [3.8, 4) is 0 Å². The third-order valence-electron chi connectivity index (χ3n) is 2.36. The minimum atomic E-state index is -5.66. The fraction of sp³-hybridized carbons (Fsp3) is 0.250. The maximum Gasteiger partial charge on any atom is 0.423 e. The molecule has 20 heavy (non-hydrogen) atoms. The fourth-order valence-electron chi connectivity index (χ4n) is 1.51. The zero-order valence-electron chi connectivity index (χ0n) is 10.3. The van der Waals surface area contributed by atoms with Gasteiger partial charge in [0.25, 0.3) is 7.52 Å². The molecule has 0 saturated heterocycles. The second kappa shape index (κ2) is 4.97. The van der Waals surface area contributed by atoms with E-state index in [0.29, 0.717) is 5.69 Å². The summed E-state index contributed by atoms with van der Waals surface area (Å²) in [5.74, 6) is 0. The predicted molar refractivity (Wildman–Crippen MR) is 74.0 cm³/mol. The number of nitrogens with zero attached hydrogens (tertiary/aromatic N) is 4. The second-order valence-electron chi connectivity index (χ2n) is 4.12. The van der Waals surface area contributed by atoms with E-state index in [4.69, 9.17) is 0 Å². The van der Waals surface area contributed by atoms with Crippen LogP contribution in [-0.4, -0.2) is 14.1 Å². The number of hydrogen-bond donors (Lipinski definition) is 0. The average Bonchev–Trinajstić information content (AvgIpc) is 2.24. The van der Waals surface area contributed by atoms with Gasteiger partial charge in [0, 0.05) is 25.1 Å². The molecule has 12 heteroatoms. The van der Waals surface area contributed by atoms with Gasteiger partial charge in [0.2, 0.25) is 0 Å². The highest BCUT2D eigenvalue weighted by molar-refractivity contribution is 7.82. The van der Waals surface area contributed by atoms with Crippen molar-refractivity contribution in [3.05, 3.63) is 24.3 Å². The van der Waals surface area contributed by atoms with Crippen LogP contribution in [0.2, 0.25) is 0 Å². The van der Waals surface area contributed by atoms with Crippen molar-refractivity contribution < 1.29 is 21.0 Å². The molecule has 1 aromatic carbocycles. The SMILES string of the molecule is CN(C)c1ccc(P2(F)=NP(F)(F)=NP(F)(F)=N2)cc1. The highest BCUT2D eigenvalue weighted by Gasteiger charge is 2.39. The van der Waals surface area contributed by atoms with Crippen LogP contribution in [0.1, 0.15) is 0 Å². The molecular formula is C8H10F5N4P3. The first-order valence-electron chi connectivity index (χ1n) is 5.21. The van der Waals surface area contributed by atoms with Crippen molar-refractivity contribution in [2.24, 2.45) is 13.5 Å². The highest BCUT2D eigenvalue weighted by atomic mass is 31.3. The van der Waals surface area contributed by atoms with Gasteiger partial charge in [-0.2, -0.15) is 13.2 Å². The first-order chi connectivity index (χ1) is 9.03. The van der Waals surface area contributed by atoms with E-state index in [9.17, 15) is 21.0 Å². The van der Waals surface area contributed by atoms with Crippen LogP contribution in [0.25, 0.3) is 0 Å². The lowest BCUT2D eigenvalue weighted by Crippen LogP contribution is -2.10. The molecule has 1 aliphatic rings. The van der Waals surface area contributed by atoms with Crippen molar-refractivity contribution >= 4 is 34.2 Å². The van der Waals surface area contributed by atoms with Gasteiger partial charge in [0.05, 0.1) is 0 Å². The van der Waals surface area contributed by atoms with Crippen molar-refractivity contribution in [1.82, 2.24) is 0 Å². The molecule has 0 saturated carbocycles. The summed E-state index contributed by atoms with van der Waals surface area (Å²) in [4.78, 5) is 1.70. The van der Waals surface area contributed by atoms with Crippen molar-refractivity contribution in [2.75, 3.05) is 19.0 Å². The highest BCUT2D eigenvalue weighted by Crippen LogP contribution is 2.81. The van der Waals surface area contributed by atoms with Crippen LogP contribution in [0.3, 0.4) is 0 Å². The van der Waals surface area contributed by atoms with Crippen LogP contribution >= 0.6 is 23.2 Å². The molecule has 1 unspecified atom stereocenters. The van der Waals surface area contributed by atoms with Gasteiger partial charge >= 0.3 is 15.7 Å². The molecule has 112 valence electrons. The first kappa shape index (κ1) is 15.7. The molecule has 1 atom stereocenters. The van der Waals surface area contributed by atoms with Crippen molar-refractivity contribution in [1.29, 1.82) is 0 Å². The molecule has 1 heterocycles. The summed E-state index contributed by atoms with van der Waals surface area (Å²) in [7, 11) is -12.6. The van der Waals surface area contributed by atoms with Crippen LogP contribution < -0.4 is 10.2 Å². The summed E-state index contributed by atoms with van der Waals surface area (Å²) in [6.07, 6.45) is 0. The average molecular weight is 350 g/mol. The Kier molecular flexibility index (Phi) is 3.91. The fourth-order valence-corrected chi connectivity index (χ4v) is 7.58. The van der Waals surface area contributed by atoms with Gasteiger partial charge in [-0.3, -0.25) is 0 Å². The maximum absolute atomic E-state index is 14.4. The maximum atomic E-state index is 14.4. The van der Waals surface area contributed by atoms with Gasteiger partial charge in [0.15, 0.2) is 0 Å². The summed E-state index contributed by atoms with van der Waals surface area (Å²) < 4.78 is 74.2. The van der Waals surface area contributed by atoms with E-state index >= 15 is 0 Å². The Labute approximate surface area is 112 Å². The van der Waals surface area contributed by atoms with E-state index in [1.54, 1.807) is 19.0 Å². The first-order valence-corrected chi connectivity index (χ1v) is 9.75. The van der Waals surface area contributed by atoms with Gasteiger partial charge in [-0.05, 0) is 24.3 Å². The normalized spacial score (nSPS) is 26.9. The molecule has 0 amide bonds. The van der Waals surface area contributed by atoms with Crippen LogP contribution in [-0.2, 0) is 0 Å². The molecule has 0 radical (unpaired) electrons. The molecule has 4 nitrogen and oxygen atoms in total. The minimum Gasteiger partial charge on any atom is -0.378 e. The lowest BCUT2D eigenvalue weighted by Gasteiger charge is -2.18. The Morgan fingerprint density at radius 1 is 0.800 bits per heavy atom. The molecule has 1 aliphatic heterocycles. The number of anilines is 1. The Balaban J connectivity index is 2.60. The van der Waals surface area contributed by atoms with Gasteiger partial charge < -0.3 is 4.90 Å². The number of benzene rings is 1. The molecule has 0 N–H and O–H groups in total. The monoisotopic (exact) mass is 350 g/mol. The summed E-state index contributed by atoms with van der Waals surface area (Å²) in [6, 6.07) is 5.17. The smallest absolute Gasteiger partial charge is 0.378 e. The van der Waals surface area contributed by atoms with Gasteiger partial charge in [-0.15, -0.1) is 21.3 Å². The van der Waals surface area contributed by atoms with Crippen LogP contribution in [0.15, 0.2) is 37.8 Å². The molecule has 2 rings (SSSR count). The van der Waals surface area contributed by atoms with E-state index in [0.717, 1.165) is 12.1 Å². The Bertz CT molecular complexity index is 679. The second-order valence-corrected chi connectivity index (χ2v) is 9.65. The summed E-state index contributed by atoms with van der Waals surface area (Å²) in [5, 5.41) is -0.350. The third-order valence-corrected chi connectivity index (χ3v) is 8.66. The minimum absolute atomic E-state index is 0.350. The Morgan fingerprint density at radius 3 is 1.75 bits per heavy atom. The van der Waals surface area contributed by atoms with E-state index in [-0.39, 0.29) is 5.30 Å². The molecule has 0 spiro atoms. The van der Waals surface area contributed by atoms with Crippen molar-refractivity contribution in [2.45, 2.75) is 0 Å². The zero-order chi connectivity index (χ0) is 15.2. The van der Waals surface area contributed by atoms with E-state index in [2.05, 4.69) is 9.03 Å². The van der Waals surface area contributed by atoms with E-state index in [1.807, 2.05) is 4.52 Å². The molecule has 0 aromatic heterocycles. The lowest BCUT2D eigenvalue weighted by molar-refractivity contribution is 0.697. The van der Waals surface area contributed by atoms with Crippen molar-refractivity contribution in [3.63, 3.8) is 0 Å². The summed E-state index contributed by atoms with van der Waals surface area (Å²) >= 11 is 0. The largest absolute Gasteiger partial charge is 0.423 e. The number of halogens is 5. The van der Waals surface area contributed by atoms with Crippen LogP contribution in [0.4, 0.5) is 26.7 Å². The van der Waals surface area contributed by atoms with E-state index in [1.165, 1.54) is 12.1 Å². The zero-order valence-corrected chi connectivity index (χ0v) is 13.0. The van der Waals surface area contributed by atoms with Gasteiger partial charge in [-0.1, -0.05) is 0 Å². The van der Waals surface area contributed by atoms with Crippen LogP contribution in [0, 0.1) is 0 Å². The van der Waals surface area contributed by atoms with Gasteiger partial charge in [0.1, 0.15) is 0 Å². The molecular weight excluding hydrogens is 340 g/mol.